The lowest BCUT2D eigenvalue weighted by Gasteiger charge is -2.22. The summed E-state index contributed by atoms with van der Waals surface area (Å²) < 4.78 is 6.29. The maximum Gasteiger partial charge on any atom is 0.328 e. The number of benzene rings is 1. The van der Waals surface area contributed by atoms with Crippen LogP contribution < -0.4 is 5.32 Å². The zero-order chi connectivity index (χ0) is 15.6. The topological polar surface area (TPSA) is 55.4 Å². The molecule has 0 saturated carbocycles. The summed E-state index contributed by atoms with van der Waals surface area (Å²) in [7, 11) is 0. The van der Waals surface area contributed by atoms with Gasteiger partial charge in [-0.3, -0.25) is 4.79 Å². The number of hydrogen-bond acceptors (Lipinski definition) is 4. The summed E-state index contributed by atoms with van der Waals surface area (Å²) in [4.78, 5) is 24.6. The molecule has 1 amide bonds. The van der Waals surface area contributed by atoms with Crippen molar-refractivity contribution < 1.29 is 14.3 Å². The van der Waals surface area contributed by atoms with Crippen molar-refractivity contribution in [1.29, 1.82) is 0 Å². The van der Waals surface area contributed by atoms with Crippen LogP contribution in [0, 0.1) is 0 Å². The van der Waals surface area contributed by atoms with Crippen LogP contribution in [0.3, 0.4) is 0 Å². The van der Waals surface area contributed by atoms with E-state index in [9.17, 15) is 9.59 Å². The van der Waals surface area contributed by atoms with E-state index < -0.39 is 17.6 Å². The number of nitrogens with one attached hydrogen (secondary N) is 1. The Hall–Kier alpha value is -1.88. The third-order valence-corrected chi connectivity index (χ3v) is 3.87. The number of rotatable bonds is 3. The monoisotopic (exact) mass is 305 g/mol. The van der Waals surface area contributed by atoms with Gasteiger partial charge in [0.05, 0.1) is 4.88 Å². The summed E-state index contributed by atoms with van der Waals surface area (Å²) in [5.74, 6) is -0.688. The average molecular weight is 305 g/mol. The van der Waals surface area contributed by atoms with E-state index in [0.29, 0.717) is 4.88 Å². The van der Waals surface area contributed by atoms with Crippen molar-refractivity contribution in [2.24, 2.45) is 0 Å². The summed E-state index contributed by atoms with van der Waals surface area (Å²) in [6.45, 7) is 7.02. The summed E-state index contributed by atoms with van der Waals surface area (Å²) in [5, 5.41) is 3.70. The van der Waals surface area contributed by atoms with Gasteiger partial charge in [-0.2, -0.15) is 0 Å². The lowest BCUT2D eigenvalue weighted by molar-refractivity contribution is -0.156. The van der Waals surface area contributed by atoms with Gasteiger partial charge in [-0.05, 0) is 45.2 Å². The maximum atomic E-state index is 12.2. The summed E-state index contributed by atoms with van der Waals surface area (Å²) in [6.07, 6.45) is 0. The van der Waals surface area contributed by atoms with Crippen molar-refractivity contribution in [2.75, 3.05) is 0 Å². The highest BCUT2D eigenvalue weighted by molar-refractivity contribution is 7.20. The fraction of sp³-hybridized carbons (Fsp3) is 0.375. The van der Waals surface area contributed by atoms with Gasteiger partial charge in [0.1, 0.15) is 11.6 Å². The SMILES string of the molecule is C[C@H](NC(=O)c1cc2ccccc2s1)C(=O)OC(C)(C)C. The molecule has 0 saturated heterocycles. The van der Waals surface area contributed by atoms with Crippen LogP contribution in [-0.2, 0) is 9.53 Å². The molecule has 0 aliphatic rings. The molecule has 0 spiro atoms. The van der Waals surface area contributed by atoms with Gasteiger partial charge in [0, 0.05) is 4.70 Å². The second kappa shape index (κ2) is 5.85. The van der Waals surface area contributed by atoms with Gasteiger partial charge in [-0.25, -0.2) is 4.79 Å². The van der Waals surface area contributed by atoms with Crippen LogP contribution >= 0.6 is 11.3 Å². The van der Waals surface area contributed by atoms with E-state index in [1.165, 1.54) is 11.3 Å². The van der Waals surface area contributed by atoms with E-state index in [0.717, 1.165) is 10.1 Å². The number of thiophene rings is 1. The molecule has 112 valence electrons. The highest BCUT2D eigenvalue weighted by atomic mass is 32.1. The largest absolute Gasteiger partial charge is 0.458 e. The van der Waals surface area contributed by atoms with Crippen molar-refractivity contribution in [3.8, 4) is 0 Å². The molecule has 1 heterocycles. The molecule has 0 unspecified atom stereocenters. The molecule has 1 aromatic carbocycles. The Morgan fingerprint density at radius 1 is 1.24 bits per heavy atom. The highest BCUT2D eigenvalue weighted by Crippen LogP contribution is 2.25. The van der Waals surface area contributed by atoms with Crippen LogP contribution in [0.5, 0.6) is 0 Å². The molecule has 0 radical (unpaired) electrons. The van der Waals surface area contributed by atoms with Crippen LogP contribution in [0.25, 0.3) is 10.1 Å². The Bertz CT molecular complexity index is 636. The molecule has 21 heavy (non-hydrogen) atoms. The Morgan fingerprint density at radius 3 is 2.52 bits per heavy atom. The fourth-order valence-corrected chi connectivity index (χ4v) is 2.78. The molecule has 4 nitrogen and oxygen atoms in total. The van der Waals surface area contributed by atoms with Crippen LogP contribution in [0.2, 0.25) is 0 Å². The second-order valence-electron chi connectivity index (χ2n) is 5.88. The average Bonchev–Trinajstić information content (AvgIpc) is 2.80. The third kappa shape index (κ3) is 4.04. The van der Waals surface area contributed by atoms with Crippen molar-refractivity contribution in [3.05, 3.63) is 35.2 Å². The van der Waals surface area contributed by atoms with Crippen molar-refractivity contribution in [2.45, 2.75) is 39.3 Å². The zero-order valence-corrected chi connectivity index (χ0v) is 13.4. The van der Waals surface area contributed by atoms with Gasteiger partial charge in [-0.15, -0.1) is 11.3 Å². The number of carbonyl (C=O) groups is 2. The molecule has 0 fully saturated rings. The maximum absolute atomic E-state index is 12.2. The third-order valence-electron chi connectivity index (χ3n) is 2.76. The molecule has 1 N–H and O–H groups in total. The first-order chi connectivity index (χ1) is 9.76. The fourth-order valence-electron chi connectivity index (χ4n) is 1.81. The summed E-state index contributed by atoms with van der Waals surface area (Å²) in [5.41, 5.74) is -0.562. The molecule has 2 aromatic rings. The molecule has 2 rings (SSSR count). The standard InChI is InChI=1S/C16H19NO3S/c1-10(15(19)20-16(2,3)4)17-14(18)13-9-11-7-5-6-8-12(11)21-13/h5-10H,1-4H3,(H,17,18)/t10-/m0/s1. The predicted molar refractivity (Wildman–Crippen MR) is 84.6 cm³/mol. The zero-order valence-electron chi connectivity index (χ0n) is 12.6. The molecular formula is C16H19NO3S. The van der Waals surface area contributed by atoms with E-state index >= 15 is 0 Å². The minimum Gasteiger partial charge on any atom is -0.458 e. The Kier molecular flexibility index (Phi) is 4.32. The van der Waals surface area contributed by atoms with Crippen LogP contribution in [0.15, 0.2) is 30.3 Å². The highest BCUT2D eigenvalue weighted by Gasteiger charge is 2.23. The van der Waals surface area contributed by atoms with Gasteiger partial charge in [0.25, 0.3) is 5.91 Å². The molecule has 1 aromatic heterocycles. The predicted octanol–water partition coefficient (Wildman–Crippen LogP) is 3.36. The lowest BCUT2D eigenvalue weighted by atomic mass is 10.2. The smallest absolute Gasteiger partial charge is 0.328 e. The molecule has 5 heteroatoms. The van der Waals surface area contributed by atoms with E-state index in [4.69, 9.17) is 4.74 Å². The van der Waals surface area contributed by atoms with Gasteiger partial charge >= 0.3 is 5.97 Å². The lowest BCUT2D eigenvalue weighted by Crippen LogP contribution is -2.41. The Labute approximate surface area is 128 Å². The van der Waals surface area contributed by atoms with Crippen molar-refractivity contribution in [1.82, 2.24) is 5.32 Å². The first-order valence-electron chi connectivity index (χ1n) is 6.78. The number of fused-ring (bicyclic) bond motifs is 1. The minimum atomic E-state index is -0.679. The van der Waals surface area contributed by atoms with Crippen molar-refractivity contribution in [3.63, 3.8) is 0 Å². The van der Waals surface area contributed by atoms with E-state index in [1.54, 1.807) is 27.7 Å². The Balaban J connectivity index is 2.05. The first kappa shape index (κ1) is 15.5. The van der Waals surface area contributed by atoms with Gasteiger partial charge in [-0.1, -0.05) is 18.2 Å². The van der Waals surface area contributed by atoms with Gasteiger partial charge in [0.15, 0.2) is 0 Å². The molecular weight excluding hydrogens is 286 g/mol. The Morgan fingerprint density at radius 2 is 1.90 bits per heavy atom. The van der Waals surface area contributed by atoms with Crippen molar-refractivity contribution >= 4 is 33.3 Å². The van der Waals surface area contributed by atoms with Crippen LogP contribution in [0.4, 0.5) is 0 Å². The van der Waals surface area contributed by atoms with E-state index in [1.807, 2.05) is 30.3 Å². The number of carbonyl (C=O) groups excluding carboxylic acids is 2. The van der Waals surface area contributed by atoms with E-state index in [-0.39, 0.29) is 5.91 Å². The van der Waals surface area contributed by atoms with E-state index in [2.05, 4.69) is 5.32 Å². The number of ether oxygens (including phenoxy) is 1. The summed E-state index contributed by atoms with van der Waals surface area (Å²) in [6, 6.07) is 8.94. The molecule has 1 atom stereocenters. The van der Waals surface area contributed by atoms with Crippen LogP contribution in [0.1, 0.15) is 37.4 Å². The van der Waals surface area contributed by atoms with Crippen LogP contribution in [-0.4, -0.2) is 23.5 Å². The molecule has 0 aliphatic carbocycles. The molecule has 0 bridgehead atoms. The quantitative estimate of drug-likeness (QED) is 0.885. The first-order valence-corrected chi connectivity index (χ1v) is 7.60. The number of esters is 1. The molecule has 0 aliphatic heterocycles. The van der Waals surface area contributed by atoms with Gasteiger partial charge in [0.2, 0.25) is 0 Å². The normalized spacial score (nSPS) is 13.0. The second-order valence-corrected chi connectivity index (χ2v) is 6.96. The minimum absolute atomic E-state index is 0.255. The summed E-state index contributed by atoms with van der Waals surface area (Å²) >= 11 is 1.41. The number of hydrogen-bond donors (Lipinski definition) is 1. The number of amides is 1. The van der Waals surface area contributed by atoms with Gasteiger partial charge < -0.3 is 10.1 Å².